The van der Waals surface area contributed by atoms with Crippen LogP contribution in [-0.4, -0.2) is 17.9 Å². The molecule has 1 aromatic heterocycles. The van der Waals surface area contributed by atoms with E-state index < -0.39 is 0 Å². The highest BCUT2D eigenvalue weighted by atomic mass is 79.9. The normalized spacial score (nSPS) is 11.1. The zero-order valence-corrected chi connectivity index (χ0v) is 21.2. The van der Waals surface area contributed by atoms with Crippen molar-refractivity contribution < 1.29 is 9.53 Å². The molecule has 0 amide bonds. The number of rotatable bonds is 6. The monoisotopic (exact) mass is 581 g/mol. The summed E-state index contributed by atoms with van der Waals surface area (Å²) in [5.74, 6) is 0.480. The molecule has 0 aliphatic rings. The van der Waals surface area contributed by atoms with Crippen LogP contribution in [0.25, 0.3) is 10.2 Å². The van der Waals surface area contributed by atoms with Crippen molar-refractivity contribution in [2.45, 2.75) is 15.7 Å². The highest BCUT2D eigenvalue weighted by Gasteiger charge is 2.17. The smallest absolute Gasteiger partial charge is 0.171 e. The number of methoxy groups -OCH3 is 1. The number of carbonyl (C=O) groups excluding carboxylic acids is 1. The Balaban J connectivity index is 1.54. The highest BCUT2D eigenvalue weighted by molar-refractivity contribution is 9.11. The Kier molecular flexibility index (Phi) is 6.85. The van der Waals surface area contributed by atoms with Crippen molar-refractivity contribution in [3.05, 3.63) is 79.7 Å². The van der Waals surface area contributed by atoms with Crippen LogP contribution in [0.5, 0.6) is 5.75 Å². The quantitative estimate of drug-likeness (QED) is 0.215. The molecule has 0 aliphatic heterocycles. The van der Waals surface area contributed by atoms with Crippen LogP contribution in [0.15, 0.2) is 72.8 Å². The van der Waals surface area contributed by atoms with Gasteiger partial charge in [0.25, 0.3) is 0 Å². The van der Waals surface area contributed by atoms with E-state index in [0.717, 1.165) is 34.0 Å². The van der Waals surface area contributed by atoms with Gasteiger partial charge in [-0.1, -0.05) is 57.5 Å². The van der Waals surface area contributed by atoms with Crippen LogP contribution >= 0.6 is 66.6 Å². The number of Topliss-reactive ketones (excluding diaryl/α,β-unsaturated/α-hetero) is 1. The number of aromatic nitrogens is 1. The molecule has 152 valence electrons. The minimum Gasteiger partial charge on any atom is -0.495 e. The summed E-state index contributed by atoms with van der Waals surface area (Å²) in [5, 5.41) is 0.604. The Morgan fingerprint density at radius 3 is 2.70 bits per heavy atom. The number of carbonyl (C=O) groups is 1. The number of ether oxygens (including phenoxy) is 1. The molecule has 30 heavy (non-hydrogen) atoms. The van der Waals surface area contributed by atoms with Gasteiger partial charge in [-0.25, -0.2) is 4.98 Å². The Morgan fingerprint density at radius 2 is 1.97 bits per heavy atom. The summed E-state index contributed by atoms with van der Waals surface area (Å²) in [7, 11) is 1.55. The Labute approximate surface area is 204 Å². The largest absolute Gasteiger partial charge is 0.495 e. The lowest BCUT2D eigenvalue weighted by atomic mass is 10.0. The van der Waals surface area contributed by atoms with Crippen molar-refractivity contribution >= 4 is 82.6 Å². The maximum atomic E-state index is 12.9. The van der Waals surface area contributed by atoms with Gasteiger partial charge in [0, 0.05) is 15.8 Å². The molecule has 3 nitrogen and oxygen atoms in total. The highest BCUT2D eigenvalue weighted by Crippen LogP contribution is 2.38. The summed E-state index contributed by atoms with van der Waals surface area (Å²) < 4.78 is 9.01. The number of nitrogens with zero attached hydrogens (tertiary/aromatic N) is 1. The van der Waals surface area contributed by atoms with Crippen molar-refractivity contribution in [3.63, 3.8) is 0 Å². The van der Waals surface area contributed by atoms with E-state index in [1.807, 2.05) is 42.5 Å². The predicted octanol–water partition coefficient (Wildman–Crippen LogP) is 8.06. The standard InChI is InChI=1S/C22H14Br2ClNO2S2/c1-28-21-14(10-13(23)11-15(21)24)18(27)9-12-6-7-19(16(25)8-12)29-22-26-17-4-2-3-5-20(17)30-22/h2-8,10-11H,9H2,1H3. The molecule has 0 bridgehead atoms. The van der Waals surface area contributed by atoms with E-state index in [1.54, 1.807) is 24.5 Å². The van der Waals surface area contributed by atoms with Gasteiger partial charge in [0.05, 0.1) is 32.4 Å². The molecule has 0 aliphatic carbocycles. The summed E-state index contributed by atoms with van der Waals surface area (Å²) in [4.78, 5) is 18.5. The maximum Gasteiger partial charge on any atom is 0.171 e. The van der Waals surface area contributed by atoms with Gasteiger partial charge in [0.1, 0.15) is 5.75 Å². The molecule has 0 radical (unpaired) electrons. The molecule has 4 rings (SSSR count). The number of ketones is 1. The second-order valence-corrected chi connectivity index (χ2v) is 10.9. The van der Waals surface area contributed by atoms with Crippen LogP contribution < -0.4 is 4.74 Å². The number of fused-ring (bicyclic) bond motifs is 1. The predicted molar refractivity (Wildman–Crippen MR) is 132 cm³/mol. The van der Waals surface area contributed by atoms with E-state index in [1.165, 1.54) is 11.8 Å². The third kappa shape index (κ3) is 4.75. The van der Waals surface area contributed by atoms with Crippen LogP contribution in [0.3, 0.4) is 0 Å². The summed E-state index contributed by atoms with van der Waals surface area (Å²) in [5.41, 5.74) is 2.34. The first-order chi connectivity index (χ1) is 14.4. The minimum atomic E-state index is -0.0449. The fraction of sp³-hybridized carbons (Fsp3) is 0.0909. The van der Waals surface area contributed by atoms with Crippen molar-refractivity contribution in [2.75, 3.05) is 7.11 Å². The lowest BCUT2D eigenvalue weighted by molar-refractivity contribution is 0.0990. The molecule has 1 heterocycles. The third-order valence-corrected chi connectivity index (χ3v) is 7.99. The average molecular weight is 584 g/mol. The Hall–Kier alpha value is -1.38. The number of benzene rings is 3. The molecule has 0 N–H and O–H groups in total. The number of hydrogen-bond donors (Lipinski definition) is 0. The van der Waals surface area contributed by atoms with Gasteiger partial charge in [-0.2, -0.15) is 0 Å². The first kappa shape index (κ1) is 21.8. The van der Waals surface area contributed by atoms with Gasteiger partial charge in [-0.3, -0.25) is 4.79 Å². The average Bonchev–Trinajstić information content (AvgIpc) is 3.12. The lowest BCUT2D eigenvalue weighted by Gasteiger charge is -2.11. The Morgan fingerprint density at radius 1 is 1.17 bits per heavy atom. The van der Waals surface area contributed by atoms with Crippen LogP contribution in [0.4, 0.5) is 0 Å². The van der Waals surface area contributed by atoms with Crippen LogP contribution in [0.1, 0.15) is 15.9 Å². The summed E-state index contributed by atoms with van der Waals surface area (Å²) in [6.45, 7) is 0. The second-order valence-electron chi connectivity index (χ2n) is 6.38. The SMILES string of the molecule is COc1c(Br)cc(Br)cc1C(=O)Cc1ccc(Sc2nc3ccccc3s2)c(Cl)c1. The van der Waals surface area contributed by atoms with Crippen molar-refractivity contribution in [2.24, 2.45) is 0 Å². The van der Waals surface area contributed by atoms with E-state index in [2.05, 4.69) is 42.9 Å². The maximum absolute atomic E-state index is 12.9. The first-order valence-electron chi connectivity index (χ1n) is 8.82. The second kappa shape index (κ2) is 9.40. The minimum absolute atomic E-state index is 0.0449. The molecule has 4 aromatic rings. The van der Waals surface area contributed by atoms with Gasteiger partial charge in [0.2, 0.25) is 0 Å². The summed E-state index contributed by atoms with van der Waals surface area (Å²) >= 11 is 16.6. The number of hydrogen-bond acceptors (Lipinski definition) is 5. The molecular formula is C22H14Br2ClNO2S2. The van der Waals surface area contributed by atoms with Crippen LogP contribution in [-0.2, 0) is 6.42 Å². The number of para-hydroxylation sites is 1. The molecule has 0 unspecified atom stereocenters. The fourth-order valence-corrected chi connectivity index (χ4v) is 6.71. The molecule has 0 saturated heterocycles. The van der Waals surface area contributed by atoms with Gasteiger partial charge in [-0.05, 0) is 57.9 Å². The van der Waals surface area contributed by atoms with Crippen LogP contribution in [0.2, 0.25) is 5.02 Å². The van der Waals surface area contributed by atoms with Gasteiger partial charge in [0.15, 0.2) is 10.1 Å². The molecule has 8 heteroatoms. The van der Waals surface area contributed by atoms with E-state index in [9.17, 15) is 4.79 Å². The topological polar surface area (TPSA) is 39.2 Å². The fourth-order valence-electron chi connectivity index (χ4n) is 2.98. The van der Waals surface area contributed by atoms with Crippen molar-refractivity contribution in [3.8, 4) is 5.75 Å². The molecule has 0 spiro atoms. The number of thiazole rings is 1. The van der Waals surface area contributed by atoms with E-state index in [-0.39, 0.29) is 12.2 Å². The molecule has 0 saturated carbocycles. The van der Waals surface area contributed by atoms with E-state index >= 15 is 0 Å². The summed E-state index contributed by atoms with van der Waals surface area (Å²) in [6.07, 6.45) is 0.227. The molecule has 0 atom stereocenters. The van der Waals surface area contributed by atoms with Crippen molar-refractivity contribution in [1.29, 1.82) is 0 Å². The first-order valence-corrected chi connectivity index (χ1v) is 12.4. The zero-order valence-electron chi connectivity index (χ0n) is 15.6. The van der Waals surface area contributed by atoms with Gasteiger partial charge >= 0.3 is 0 Å². The third-order valence-electron chi connectivity index (χ3n) is 4.35. The summed E-state index contributed by atoms with van der Waals surface area (Å²) in [6, 6.07) is 17.4. The van der Waals surface area contributed by atoms with Crippen LogP contribution in [0, 0.1) is 0 Å². The van der Waals surface area contributed by atoms with E-state index in [0.29, 0.717) is 16.3 Å². The van der Waals surface area contributed by atoms with Gasteiger partial charge in [-0.15, -0.1) is 11.3 Å². The Bertz CT molecular complexity index is 1230. The lowest BCUT2D eigenvalue weighted by Crippen LogP contribution is -2.06. The van der Waals surface area contributed by atoms with Crippen molar-refractivity contribution in [1.82, 2.24) is 4.98 Å². The zero-order chi connectivity index (χ0) is 21.3. The molecule has 3 aromatic carbocycles. The number of halogens is 3. The van der Waals surface area contributed by atoms with Gasteiger partial charge < -0.3 is 4.74 Å². The molecular weight excluding hydrogens is 570 g/mol. The van der Waals surface area contributed by atoms with E-state index in [4.69, 9.17) is 16.3 Å². The molecule has 0 fully saturated rings.